The van der Waals surface area contributed by atoms with Crippen molar-refractivity contribution < 1.29 is 24.2 Å². The molecule has 1 aliphatic rings. The second-order valence-corrected chi connectivity index (χ2v) is 10.0. The molecule has 0 radical (unpaired) electrons. The number of carboxylic acids is 1. The number of fused-ring (bicyclic) bond motifs is 3. The van der Waals surface area contributed by atoms with Crippen molar-refractivity contribution in [2.75, 3.05) is 13.2 Å². The second kappa shape index (κ2) is 11.4. The summed E-state index contributed by atoms with van der Waals surface area (Å²) >= 11 is 0. The van der Waals surface area contributed by atoms with Crippen molar-refractivity contribution in [1.82, 2.24) is 10.2 Å². The Labute approximate surface area is 207 Å². The molecule has 1 aliphatic carbocycles. The van der Waals surface area contributed by atoms with E-state index < -0.39 is 23.6 Å². The van der Waals surface area contributed by atoms with Crippen LogP contribution in [-0.2, 0) is 14.3 Å². The summed E-state index contributed by atoms with van der Waals surface area (Å²) in [5.41, 5.74) is 4.08. The molecule has 188 valence electrons. The number of hydrogen-bond acceptors (Lipinski definition) is 4. The van der Waals surface area contributed by atoms with Gasteiger partial charge < -0.3 is 20.1 Å². The van der Waals surface area contributed by atoms with Crippen molar-refractivity contribution in [2.45, 2.75) is 70.9 Å². The van der Waals surface area contributed by atoms with Gasteiger partial charge in [-0.25, -0.2) is 4.79 Å². The van der Waals surface area contributed by atoms with E-state index in [0.717, 1.165) is 28.7 Å². The van der Waals surface area contributed by atoms with Crippen molar-refractivity contribution in [3.8, 4) is 11.1 Å². The third-order valence-corrected chi connectivity index (χ3v) is 6.38. The SMILES string of the molecule is CCCC(CC(=O)N(CCC(=O)O)C(C)(C)C)NC(=O)OCC1c2ccccc2-c2ccccc21. The molecule has 0 aromatic heterocycles. The minimum atomic E-state index is -0.950. The largest absolute Gasteiger partial charge is 0.481 e. The van der Waals surface area contributed by atoms with E-state index >= 15 is 0 Å². The van der Waals surface area contributed by atoms with Crippen LogP contribution in [0.1, 0.15) is 70.4 Å². The molecule has 7 nitrogen and oxygen atoms in total. The summed E-state index contributed by atoms with van der Waals surface area (Å²) in [4.78, 5) is 38.4. The molecule has 2 aromatic rings. The number of carbonyl (C=O) groups is 3. The maximum atomic E-state index is 13.1. The van der Waals surface area contributed by atoms with Crippen LogP contribution in [0.5, 0.6) is 0 Å². The van der Waals surface area contributed by atoms with Crippen LogP contribution < -0.4 is 5.32 Å². The van der Waals surface area contributed by atoms with Crippen molar-refractivity contribution >= 4 is 18.0 Å². The number of aliphatic carboxylic acids is 1. The summed E-state index contributed by atoms with van der Waals surface area (Å²) in [5.74, 6) is -1.17. The van der Waals surface area contributed by atoms with E-state index in [1.807, 2.05) is 52.0 Å². The highest BCUT2D eigenvalue weighted by Crippen LogP contribution is 2.44. The summed E-state index contributed by atoms with van der Waals surface area (Å²) in [6.07, 6.45) is 0.820. The molecule has 0 spiro atoms. The van der Waals surface area contributed by atoms with E-state index in [4.69, 9.17) is 9.84 Å². The van der Waals surface area contributed by atoms with Gasteiger partial charge in [0.25, 0.3) is 0 Å². The van der Waals surface area contributed by atoms with Crippen LogP contribution in [0.3, 0.4) is 0 Å². The lowest BCUT2D eigenvalue weighted by Crippen LogP contribution is -2.49. The fraction of sp³-hybridized carbons (Fsp3) is 0.464. The number of alkyl carbamates (subject to hydrolysis) is 1. The summed E-state index contributed by atoms with van der Waals surface area (Å²) in [6, 6.07) is 15.9. The molecule has 2 amide bonds. The van der Waals surface area contributed by atoms with Gasteiger partial charge in [-0.15, -0.1) is 0 Å². The highest BCUT2D eigenvalue weighted by molar-refractivity contribution is 5.80. The number of carbonyl (C=O) groups excluding carboxylic acids is 2. The summed E-state index contributed by atoms with van der Waals surface area (Å²) in [5, 5.41) is 11.9. The number of benzene rings is 2. The Morgan fingerprint density at radius 2 is 1.60 bits per heavy atom. The van der Waals surface area contributed by atoms with E-state index in [9.17, 15) is 14.4 Å². The first kappa shape index (κ1) is 26.3. The predicted molar refractivity (Wildman–Crippen MR) is 135 cm³/mol. The van der Waals surface area contributed by atoms with Gasteiger partial charge in [0, 0.05) is 30.5 Å². The Bertz CT molecular complexity index is 1010. The Morgan fingerprint density at radius 3 is 2.11 bits per heavy atom. The molecule has 2 aromatic carbocycles. The van der Waals surface area contributed by atoms with Gasteiger partial charge in [0.1, 0.15) is 6.61 Å². The standard InChI is InChI=1S/C28H36N2O5/c1-5-10-19(17-25(31)30(28(2,3)4)16-15-26(32)33)29-27(34)35-18-24-22-13-8-6-11-20(22)21-12-7-9-14-23(21)24/h6-9,11-14,19,24H,5,10,15-18H2,1-4H3,(H,29,34)(H,32,33). The number of nitrogens with one attached hydrogen (secondary N) is 1. The zero-order valence-corrected chi connectivity index (χ0v) is 21.0. The van der Waals surface area contributed by atoms with E-state index in [-0.39, 0.29) is 37.8 Å². The maximum Gasteiger partial charge on any atom is 0.407 e. The zero-order chi connectivity index (χ0) is 25.6. The first-order valence-electron chi connectivity index (χ1n) is 12.3. The lowest BCUT2D eigenvalue weighted by Gasteiger charge is -2.36. The van der Waals surface area contributed by atoms with Gasteiger partial charge in [0.05, 0.1) is 6.42 Å². The lowest BCUT2D eigenvalue weighted by molar-refractivity contribution is -0.140. The molecule has 0 aliphatic heterocycles. The first-order valence-corrected chi connectivity index (χ1v) is 12.3. The number of amides is 2. The van der Waals surface area contributed by atoms with E-state index in [1.165, 1.54) is 0 Å². The van der Waals surface area contributed by atoms with Gasteiger partial charge in [-0.05, 0) is 49.4 Å². The number of hydrogen-bond donors (Lipinski definition) is 2. The van der Waals surface area contributed by atoms with Crippen molar-refractivity contribution in [1.29, 1.82) is 0 Å². The molecular formula is C28H36N2O5. The van der Waals surface area contributed by atoms with Crippen LogP contribution in [0.4, 0.5) is 4.79 Å². The molecule has 1 atom stereocenters. The Kier molecular flexibility index (Phi) is 8.54. The Morgan fingerprint density at radius 1 is 1.03 bits per heavy atom. The van der Waals surface area contributed by atoms with Crippen molar-refractivity contribution in [3.05, 3.63) is 59.7 Å². The fourth-order valence-corrected chi connectivity index (χ4v) is 4.74. The third-order valence-electron chi connectivity index (χ3n) is 6.38. The second-order valence-electron chi connectivity index (χ2n) is 10.0. The monoisotopic (exact) mass is 480 g/mol. The molecule has 35 heavy (non-hydrogen) atoms. The first-order chi connectivity index (χ1) is 16.6. The molecule has 0 saturated heterocycles. The van der Waals surface area contributed by atoms with Gasteiger partial charge in [0.15, 0.2) is 0 Å². The van der Waals surface area contributed by atoms with Crippen LogP contribution in [0, 0.1) is 0 Å². The van der Waals surface area contributed by atoms with Gasteiger partial charge in [-0.1, -0.05) is 61.9 Å². The van der Waals surface area contributed by atoms with Crippen LogP contribution in [0.2, 0.25) is 0 Å². The molecule has 0 bridgehead atoms. The third kappa shape index (κ3) is 6.62. The van der Waals surface area contributed by atoms with Gasteiger partial charge in [-0.2, -0.15) is 0 Å². The molecule has 3 rings (SSSR count). The molecule has 2 N–H and O–H groups in total. The Hall–Kier alpha value is -3.35. The van der Waals surface area contributed by atoms with Crippen LogP contribution in [0.15, 0.2) is 48.5 Å². The normalized spacial score (nSPS) is 13.5. The van der Waals surface area contributed by atoms with Gasteiger partial charge in [-0.3, -0.25) is 9.59 Å². The van der Waals surface area contributed by atoms with Crippen LogP contribution in [0.25, 0.3) is 11.1 Å². The smallest absolute Gasteiger partial charge is 0.407 e. The summed E-state index contributed by atoms with van der Waals surface area (Å²) < 4.78 is 5.65. The fourth-order valence-electron chi connectivity index (χ4n) is 4.74. The molecule has 0 fully saturated rings. The highest BCUT2D eigenvalue weighted by atomic mass is 16.5. The van der Waals surface area contributed by atoms with E-state index in [1.54, 1.807) is 4.90 Å². The Balaban J connectivity index is 1.63. The maximum absolute atomic E-state index is 13.1. The number of nitrogens with zero attached hydrogens (tertiary/aromatic N) is 1. The summed E-state index contributed by atoms with van der Waals surface area (Å²) in [6.45, 7) is 7.95. The molecule has 0 heterocycles. The average molecular weight is 481 g/mol. The number of carboxylic acid groups (broad SMARTS) is 1. The predicted octanol–water partition coefficient (Wildman–Crippen LogP) is 5.19. The van der Waals surface area contributed by atoms with Crippen molar-refractivity contribution in [2.24, 2.45) is 0 Å². The van der Waals surface area contributed by atoms with E-state index in [0.29, 0.717) is 6.42 Å². The minimum Gasteiger partial charge on any atom is -0.481 e. The van der Waals surface area contributed by atoms with Crippen LogP contribution >= 0.6 is 0 Å². The van der Waals surface area contributed by atoms with Gasteiger partial charge >= 0.3 is 12.1 Å². The average Bonchev–Trinajstić information content (AvgIpc) is 3.10. The zero-order valence-electron chi connectivity index (χ0n) is 21.0. The molecule has 7 heteroatoms. The topological polar surface area (TPSA) is 95.9 Å². The lowest BCUT2D eigenvalue weighted by atomic mass is 9.98. The molecule has 1 unspecified atom stereocenters. The van der Waals surface area contributed by atoms with Crippen LogP contribution in [-0.4, -0.2) is 52.7 Å². The van der Waals surface area contributed by atoms with E-state index in [2.05, 4.69) is 29.6 Å². The highest BCUT2D eigenvalue weighted by Gasteiger charge is 2.31. The quantitative estimate of drug-likeness (QED) is 0.488. The molecule has 0 saturated carbocycles. The van der Waals surface area contributed by atoms with Gasteiger partial charge in [0.2, 0.25) is 5.91 Å². The minimum absolute atomic E-state index is 0.0354. The number of rotatable bonds is 10. The molecular weight excluding hydrogens is 444 g/mol. The summed E-state index contributed by atoms with van der Waals surface area (Å²) in [7, 11) is 0. The van der Waals surface area contributed by atoms with Crippen molar-refractivity contribution in [3.63, 3.8) is 0 Å². The number of ether oxygens (including phenoxy) is 1.